The van der Waals surface area contributed by atoms with Gasteiger partial charge in [0, 0.05) is 19.5 Å². The molecule has 0 aliphatic carbocycles. The number of carbonyl (C=O) groups excluding carboxylic acids is 2. The molecule has 1 saturated heterocycles. The van der Waals surface area contributed by atoms with E-state index in [1.807, 2.05) is 12.1 Å². The number of rotatable bonds is 8. The number of piperidine rings is 1. The first-order chi connectivity index (χ1) is 14.1. The Morgan fingerprint density at radius 2 is 1.69 bits per heavy atom. The third-order valence-corrected chi connectivity index (χ3v) is 5.56. The van der Waals surface area contributed by atoms with Crippen LogP contribution in [0.4, 0.5) is 0 Å². The average molecular weight is 395 g/mol. The topological polar surface area (TPSA) is 58.6 Å². The average Bonchev–Trinajstić information content (AvgIpc) is 2.77. The number of ether oxygens (including phenoxy) is 1. The van der Waals surface area contributed by atoms with E-state index in [1.54, 1.807) is 12.1 Å². The molecule has 1 aliphatic rings. The molecule has 0 atom stereocenters. The first-order valence-electron chi connectivity index (χ1n) is 10.3. The normalized spacial score (nSPS) is 15.1. The molecular formula is C24H30N2O3. The van der Waals surface area contributed by atoms with Gasteiger partial charge in [-0.05, 0) is 61.5 Å². The molecule has 1 fully saturated rings. The Morgan fingerprint density at radius 3 is 2.34 bits per heavy atom. The van der Waals surface area contributed by atoms with E-state index in [4.69, 9.17) is 4.74 Å². The summed E-state index contributed by atoms with van der Waals surface area (Å²) in [6.45, 7) is 3.94. The fraction of sp³-hybridized carbons (Fsp3) is 0.417. The number of carbonyl (C=O) groups is 2. The van der Waals surface area contributed by atoms with Gasteiger partial charge in [-0.25, -0.2) is 4.79 Å². The third kappa shape index (κ3) is 6.71. The Hall–Kier alpha value is -2.66. The number of amides is 1. The standard InChI is InChI=1S/C24H30N2O3/c1-29-24(28)22-10-7-19(8-11-22)9-12-23(27)25-17-20-13-15-26(16-14-20)18-21-5-3-2-4-6-21/h2-8,10-11,20H,9,12-18H2,1H3,(H,25,27). The van der Waals surface area contributed by atoms with Crippen LogP contribution in [0, 0.1) is 5.92 Å². The zero-order chi connectivity index (χ0) is 20.5. The van der Waals surface area contributed by atoms with Crippen LogP contribution in [0.25, 0.3) is 0 Å². The van der Waals surface area contributed by atoms with Crippen LogP contribution in [0.3, 0.4) is 0 Å². The van der Waals surface area contributed by atoms with Crippen LogP contribution in [0.2, 0.25) is 0 Å². The first-order valence-corrected chi connectivity index (χ1v) is 10.3. The highest BCUT2D eigenvalue weighted by atomic mass is 16.5. The van der Waals surface area contributed by atoms with E-state index in [9.17, 15) is 9.59 Å². The maximum atomic E-state index is 12.2. The summed E-state index contributed by atoms with van der Waals surface area (Å²) in [7, 11) is 1.37. The van der Waals surface area contributed by atoms with E-state index in [0.29, 0.717) is 24.3 Å². The number of esters is 1. The second-order valence-electron chi connectivity index (χ2n) is 7.70. The summed E-state index contributed by atoms with van der Waals surface area (Å²) in [6.07, 6.45) is 3.39. The summed E-state index contributed by atoms with van der Waals surface area (Å²) in [6, 6.07) is 17.8. The van der Waals surface area contributed by atoms with Crippen molar-refractivity contribution in [3.05, 3.63) is 71.3 Å². The number of benzene rings is 2. The number of nitrogens with one attached hydrogen (secondary N) is 1. The molecule has 3 rings (SSSR count). The van der Waals surface area contributed by atoms with Crippen molar-refractivity contribution in [2.24, 2.45) is 5.92 Å². The highest BCUT2D eigenvalue weighted by molar-refractivity contribution is 5.89. The van der Waals surface area contributed by atoms with Gasteiger partial charge in [-0.15, -0.1) is 0 Å². The van der Waals surface area contributed by atoms with Crippen molar-refractivity contribution < 1.29 is 14.3 Å². The zero-order valence-corrected chi connectivity index (χ0v) is 17.1. The lowest BCUT2D eigenvalue weighted by Crippen LogP contribution is -2.38. The van der Waals surface area contributed by atoms with Gasteiger partial charge in [-0.2, -0.15) is 0 Å². The van der Waals surface area contributed by atoms with E-state index >= 15 is 0 Å². The maximum absolute atomic E-state index is 12.2. The maximum Gasteiger partial charge on any atom is 0.337 e. The lowest BCUT2D eigenvalue weighted by molar-refractivity contribution is -0.121. The van der Waals surface area contributed by atoms with Crippen molar-refractivity contribution >= 4 is 11.9 Å². The Kier molecular flexibility index (Phi) is 7.82. The van der Waals surface area contributed by atoms with Crippen LogP contribution in [0.5, 0.6) is 0 Å². The van der Waals surface area contributed by atoms with Gasteiger partial charge in [-0.1, -0.05) is 42.5 Å². The zero-order valence-electron chi connectivity index (χ0n) is 17.1. The Balaban J connectivity index is 1.32. The minimum atomic E-state index is -0.343. The van der Waals surface area contributed by atoms with Gasteiger partial charge in [0.25, 0.3) is 0 Å². The van der Waals surface area contributed by atoms with Crippen molar-refractivity contribution in [2.45, 2.75) is 32.2 Å². The predicted molar refractivity (Wildman–Crippen MR) is 114 cm³/mol. The molecule has 0 aromatic heterocycles. The molecule has 0 radical (unpaired) electrons. The number of hydrogen-bond donors (Lipinski definition) is 1. The van der Waals surface area contributed by atoms with E-state index in [1.165, 1.54) is 12.7 Å². The molecule has 0 unspecified atom stereocenters. The van der Waals surface area contributed by atoms with Crippen molar-refractivity contribution in [1.82, 2.24) is 10.2 Å². The Morgan fingerprint density at radius 1 is 1.00 bits per heavy atom. The van der Waals surface area contributed by atoms with Crippen LogP contribution < -0.4 is 5.32 Å². The van der Waals surface area contributed by atoms with Crippen LogP contribution in [0.15, 0.2) is 54.6 Å². The van der Waals surface area contributed by atoms with Crippen molar-refractivity contribution in [3.63, 3.8) is 0 Å². The summed E-state index contributed by atoms with van der Waals surface area (Å²) in [4.78, 5) is 26.1. The summed E-state index contributed by atoms with van der Waals surface area (Å²) < 4.78 is 4.69. The van der Waals surface area contributed by atoms with E-state index in [-0.39, 0.29) is 11.9 Å². The first kappa shape index (κ1) is 21.1. The Bertz CT molecular complexity index is 782. The van der Waals surface area contributed by atoms with E-state index < -0.39 is 0 Å². The minimum absolute atomic E-state index is 0.0914. The molecule has 154 valence electrons. The fourth-order valence-electron chi connectivity index (χ4n) is 3.72. The van der Waals surface area contributed by atoms with Gasteiger partial charge in [0.15, 0.2) is 0 Å². The molecule has 0 saturated carbocycles. The summed E-state index contributed by atoms with van der Waals surface area (Å²) in [5, 5.41) is 3.09. The summed E-state index contributed by atoms with van der Waals surface area (Å²) in [5.41, 5.74) is 2.93. The van der Waals surface area contributed by atoms with Gasteiger partial charge in [0.2, 0.25) is 5.91 Å². The molecule has 1 heterocycles. The molecular weight excluding hydrogens is 364 g/mol. The van der Waals surface area contributed by atoms with Gasteiger partial charge >= 0.3 is 5.97 Å². The van der Waals surface area contributed by atoms with Crippen LogP contribution in [-0.2, 0) is 22.5 Å². The largest absolute Gasteiger partial charge is 0.465 e. The van der Waals surface area contributed by atoms with Crippen LogP contribution >= 0.6 is 0 Å². The van der Waals surface area contributed by atoms with Gasteiger partial charge in [-0.3, -0.25) is 9.69 Å². The second-order valence-corrected chi connectivity index (χ2v) is 7.70. The summed E-state index contributed by atoms with van der Waals surface area (Å²) >= 11 is 0. The molecule has 29 heavy (non-hydrogen) atoms. The molecule has 2 aromatic rings. The van der Waals surface area contributed by atoms with Crippen molar-refractivity contribution in [2.75, 3.05) is 26.7 Å². The fourth-order valence-corrected chi connectivity index (χ4v) is 3.72. The number of hydrogen-bond acceptors (Lipinski definition) is 4. The molecule has 1 N–H and O–H groups in total. The summed E-state index contributed by atoms with van der Waals surface area (Å²) in [5.74, 6) is 0.309. The molecule has 1 amide bonds. The molecule has 5 heteroatoms. The van der Waals surface area contributed by atoms with Crippen molar-refractivity contribution in [1.29, 1.82) is 0 Å². The SMILES string of the molecule is COC(=O)c1ccc(CCC(=O)NCC2CCN(Cc3ccccc3)CC2)cc1. The van der Waals surface area contributed by atoms with E-state index in [2.05, 4.69) is 40.5 Å². The van der Waals surface area contributed by atoms with Crippen LogP contribution in [0.1, 0.15) is 40.7 Å². The second kappa shape index (κ2) is 10.8. The smallest absolute Gasteiger partial charge is 0.337 e. The van der Waals surface area contributed by atoms with Crippen molar-refractivity contribution in [3.8, 4) is 0 Å². The number of aryl methyl sites for hydroxylation is 1. The minimum Gasteiger partial charge on any atom is -0.465 e. The van der Waals surface area contributed by atoms with Gasteiger partial charge < -0.3 is 10.1 Å². The highest BCUT2D eigenvalue weighted by Crippen LogP contribution is 2.18. The van der Waals surface area contributed by atoms with E-state index in [0.717, 1.165) is 44.6 Å². The highest BCUT2D eigenvalue weighted by Gasteiger charge is 2.19. The predicted octanol–water partition coefficient (Wildman–Crippen LogP) is 3.43. The number of likely N-dealkylation sites (tertiary alicyclic amines) is 1. The monoisotopic (exact) mass is 394 g/mol. The molecule has 0 spiro atoms. The molecule has 1 aliphatic heterocycles. The molecule has 5 nitrogen and oxygen atoms in total. The van der Waals surface area contributed by atoms with Crippen LogP contribution in [-0.4, -0.2) is 43.5 Å². The lowest BCUT2D eigenvalue weighted by atomic mass is 9.96. The van der Waals surface area contributed by atoms with Gasteiger partial charge in [0.1, 0.15) is 0 Å². The number of nitrogens with zero attached hydrogens (tertiary/aromatic N) is 1. The lowest BCUT2D eigenvalue weighted by Gasteiger charge is -2.32. The molecule has 2 aromatic carbocycles. The molecule has 0 bridgehead atoms. The van der Waals surface area contributed by atoms with Gasteiger partial charge in [0.05, 0.1) is 12.7 Å². The quantitative estimate of drug-likeness (QED) is 0.697. The number of methoxy groups -OCH3 is 1. The Labute approximate surface area is 173 Å². The third-order valence-electron chi connectivity index (χ3n) is 5.56.